The minimum absolute atomic E-state index is 0.409. The first-order chi connectivity index (χ1) is 8.65. The van der Waals surface area contributed by atoms with Gasteiger partial charge >= 0.3 is 5.97 Å². The van der Waals surface area contributed by atoms with Crippen molar-refractivity contribution in [1.82, 2.24) is 10.2 Å². The van der Waals surface area contributed by atoms with E-state index in [0.717, 1.165) is 25.7 Å². The van der Waals surface area contributed by atoms with Crippen LogP contribution in [0.15, 0.2) is 12.4 Å². The Bertz CT molecular complexity index is 420. The normalized spacial score (nSPS) is 18.9. The summed E-state index contributed by atoms with van der Waals surface area (Å²) in [4.78, 5) is 23.8. The van der Waals surface area contributed by atoms with E-state index in [1.54, 1.807) is 0 Å². The number of rotatable bonds is 3. The van der Waals surface area contributed by atoms with E-state index in [9.17, 15) is 14.7 Å². The van der Waals surface area contributed by atoms with Gasteiger partial charge < -0.3 is 10.4 Å². The molecule has 1 fully saturated rings. The molecule has 2 rings (SSSR count). The fraction of sp³-hybridized carbons (Fsp3) is 0.583. The van der Waals surface area contributed by atoms with Gasteiger partial charge in [-0.15, -0.1) is 0 Å². The van der Waals surface area contributed by atoms with Crippen molar-refractivity contribution >= 4 is 17.6 Å². The molecule has 1 aliphatic carbocycles. The van der Waals surface area contributed by atoms with Crippen LogP contribution >= 0.6 is 0 Å². The number of hydrogen-bond donors (Lipinski definition) is 3. The lowest BCUT2D eigenvalue weighted by molar-refractivity contribution is -0.155. The summed E-state index contributed by atoms with van der Waals surface area (Å²) in [6.45, 7) is 0. The van der Waals surface area contributed by atoms with Crippen LogP contribution in [-0.4, -0.2) is 27.2 Å². The smallest absolute Gasteiger partial charge is 0.319 e. The summed E-state index contributed by atoms with van der Waals surface area (Å²) in [6, 6.07) is 0. The number of carbonyl (C=O) groups is 2. The van der Waals surface area contributed by atoms with Gasteiger partial charge in [-0.1, -0.05) is 25.7 Å². The minimum atomic E-state index is -1.28. The Hall–Kier alpha value is -1.85. The third-order valence-corrected chi connectivity index (χ3v) is 3.56. The van der Waals surface area contributed by atoms with Crippen LogP contribution < -0.4 is 5.32 Å². The molecule has 1 aromatic rings. The summed E-state index contributed by atoms with van der Waals surface area (Å²) in [6.07, 6.45) is 7.37. The number of aliphatic carboxylic acids is 1. The summed E-state index contributed by atoms with van der Waals surface area (Å²) in [5, 5.41) is 18.4. The standard InChI is InChI=1S/C12H17N3O3/c16-10(15-9-7-13-14-8-9)12(11(17)18)5-3-1-2-4-6-12/h7-8H,1-6H2,(H,13,14)(H,15,16)(H,17,18). The first kappa shape index (κ1) is 12.6. The maximum atomic E-state index is 12.2. The Morgan fingerprint density at radius 3 is 2.44 bits per heavy atom. The van der Waals surface area contributed by atoms with Crippen LogP contribution in [0.3, 0.4) is 0 Å². The highest BCUT2D eigenvalue weighted by Crippen LogP contribution is 2.36. The van der Waals surface area contributed by atoms with Crippen molar-refractivity contribution in [1.29, 1.82) is 0 Å². The number of aromatic nitrogens is 2. The summed E-state index contributed by atoms with van der Waals surface area (Å²) in [5.74, 6) is -1.45. The van der Waals surface area contributed by atoms with Crippen LogP contribution in [0.25, 0.3) is 0 Å². The zero-order chi connectivity index (χ0) is 13.0. The van der Waals surface area contributed by atoms with E-state index in [1.165, 1.54) is 12.4 Å². The van der Waals surface area contributed by atoms with Crippen LogP contribution in [-0.2, 0) is 9.59 Å². The van der Waals surface area contributed by atoms with Crippen LogP contribution in [0.2, 0.25) is 0 Å². The molecule has 1 heterocycles. The monoisotopic (exact) mass is 251 g/mol. The van der Waals surface area contributed by atoms with Gasteiger partial charge in [-0.2, -0.15) is 5.10 Å². The van der Waals surface area contributed by atoms with Crippen molar-refractivity contribution in [2.24, 2.45) is 5.41 Å². The van der Waals surface area contributed by atoms with Crippen LogP contribution in [0.4, 0.5) is 5.69 Å². The molecule has 0 unspecified atom stereocenters. The number of H-pyrrole nitrogens is 1. The van der Waals surface area contributed by atoms with E-state index in [4.69, 9.17) is 0 Å². The van der Waals surface area contributed by atoms with Gasteiger partial charge in [0.05, 0.1) is 11.9 Å². The third kappa shape index (κ3) is 2.37. The lowest BCUT2D eigenvalue weighted by Gasteiger charge is -2.26. The lowest BCUT2D eigenvalue weighted by atomic mass is 9.79. The van der Waals surface area contributed by atoms with Crippen molar-refractivity contribution in [2.75, 3.05) is 5.32 Å². The molecular formula is C12H17N3O3. The van der Waals surface area contributed by atoms with E-state index in [1.807, 2.05) is 0 Å². The molecule has 0 atom stereocenters. The van der Waals surface area contributed by atoms with Crippen molar-refractivity contribution in [3.05, 3.63) is 12.4 Å². The third-order valence-electron chi connectivity index (χ3n) is 3.56. The number of carbonyl (C=O) groups excluding carboxylic acids is 1. The quantitative estimate of drug-likeness (QED) is 0.563. The molecule has 98 valence electrons. The zero-order valence-electron chi connectivity index (χ0n) is 10.1. The average Bonchev–Trinajstić information content (AvgIpc) is 2.70. The second-order valence-electron chi connectivity index (χ2n) is 4.74. The highest BCUT2D eigenvalue weighted by Gasteiger charge is 2.45. The molecule has 6 nitrogen and oxygen atoms in total. The number of carboxylic acids is 1. The molecule has 1 saturated carbocycles. The number of amides is 1. The number of aromatic amines is 1. The molecule has 1 aromatic heterocycles. The molecule has 3 N–H and O–H groups in total. The summed E-state index contributed by atoms with van der Waals surface area (Å²) in [5.41, 5.74) is -0.779. The van der Waals surface area contributed by atoms with Crippen molar-refractivity contribution in [3.8, 4) is 0 Å². The van der Waals surface area contributed by atoms with Gasteiger partial charge in [-0.3, -0.25) is 14.7 Å². The SMILES string of the molecule is O=C(O)C1(C(=O)Nc2cn[nH]c2)CCCCCC1. The highest BCUT2D eigenvalue weighted by molar-refractivity contribution is 6.08. The van der Waals surface area contributed by atoms with E-state index < -0.39 is 17.3 Å². The molecule has 0 bridgehead atoms. The second-order valence-corrected chi connectivity index (χ2v) is 4.74. The van der Waals surface area contributed by atoms with Gasteiger partial charge in [-0.05, 0) is 12.8 Å². The first-order valence-electron chi connectivity index (χ1n) is 6.19. The minimum Gasteiger partial charge on any atom is -0.480 e. The topological polar surface area (TPSA) is 95.1 Å². The summed E-state index contributed by atoms with van der Waals surface area (Å²) >= 11 is 0. The van der Waals surface area contributed by atoms with Crippen molar-refractivity contribution in [3.63, 3.8) is 0 Å². The van der Waals surface area contributed by atoms with Gasteiger partial charge in [0.2, 0.25) is 5.91 Å². The molecule has 6 heteroatoms. The van der Waals surface area contributed by atoms with Gasteiger partial charge in [0.1, 0.15) is 5.41 Å². The molecule has 0 aliphatic heterocycles. The number of nitrogens with one attached hydrogen (secondary N) is 2. The largest absolute Gasteiger partial charge is 0.480 e. The van der Waals surface area contributed by atoms with E-state index in [0.29, 0.717) is 18.5 Å². The Morgan fingerprint density at radius 1 is 1.28 bits per heavy atom. The molecule has 0 saturated heterocycles. The van der Waals surface area contributed by atoms with E-state index in [-0.39, 0.29) is 0 Å². The number of anilines is 1. The average molecular weight is 251 g/mol. The maximum absolute atomic E-state index is 12.2. The molecule has 0 spiro atoms. The van der Waals surface area contributed by atoms with Crippen LogP contribution in [0.5, 0.6) is 0 Å². The van der Waals surface area contributed by atoms with Gasteiger partial charge in [0.15, 0.2) is 0 Å². The Labute approximate surface area is 105 Å². The fourth-order valence-corrected chi connectivity index (χ4v) is 2.44. The van der Waals surface area contributed by atoms with Gasteiger partial charge in [-0.25, -0.2) is 0 Å². The molecule has 0 radical (unpaired) electrons. The van der Waals surface area contributed by atoms with E-state index in [2.05, 4.69) is 15.5 Å². The van der Waals surface area contributed by atoms with Crippen LogP contribution in [0.1, 0.15) is 38.5 Å². The Balaban J connectivity index is 2.18. The van der Waals surface area contributed by atoms with E-state index >= 15 is 0 Å². The first-order valence-corrected chi connectivity index (χ1v) is 6.19. The number of nitrogens with zero attached hydrogens (tertiary/aromatic N) is 1. The zero-order valence-corrected chi connectivity index (χ0v) is 10.1. The van der Waals surface area contributed by atoms with Crippen LogP contribution in [0, 0.1) is 5.41 Å². The molecule has 1 aliphatic rings. The lowest BCUT2D eigenvalue weighted by Crippen LogP contribution is -2.42. The highest BCUT2D eigenvalue weighted by atomic mass is 16.4. The Kier molecular flexibility index (Phi) is 3.64. The summed E-state index contributed by atoms with van der Waals surface area (Å²) in [7, 11) is 0. The molecule has 18 heavy (non-hydrogen) atoms. The number of hydrogen-bond acceptors (Lipinski definition) is 3. The predicted octanol–water partition coefficient (Wildman–Crippen LogP) is 1.77. The predicted molar refractivity (Wildman–Crippen MR) is 65.0 cm³/mol. The fourth-order valence-electron chi connectivity index (χ4n) is 2.44. The van der Waals surface area contributed by atoms with Crippen molar-refractivity contribution < 1.29 is 14.7 Å². The summed E-state index contributed by atoms with van der Waals surface area (Å²) < 4.78 is 0. The molecule has 1 amide bonds. The van der Waals surface area contributed by atoms with Gasteiger partial charge in [0.25, 0.3) is 0 Å². The second kappa shape index (κ2) is 5.20. The van der Waals surface area contributed by atoms with Gasteiger partial charge in [0, 0.05) is 6.20 Å². The molecule has 0 aromatic carbocycles. The number of carboxylic acid groups (broad SMARTS) is 1. The Morgan fingerprint density at radius 2 is 1.94 bits per heavy atom. The molecular weight excluding hydrogens is 234 g/mol. The maximum Gasteiger partial charge on any atom is 0.319 e. The van der Waals surface area contributed by atoms with Crippen molar-refractivity contribution in [2.45, 2.75) is 38.5 Å².